The molecule has 1 aromatic heterocycles. The van der Waals surface area contributed by atoms with Crippen molar-refractivity contribution in [1.29, 1.82) is 0 Å². The van der Waals surface area contributed by atoms with E-state index < -0.39 is 10.0 Å². The van der Waals surface area contributed by atoms with Gasteiger partial charge in [0.25, 0.3) is 0 Å². The van der Waals surface area contributed by atoms with Gasteiger partial charge in [-0.2, -0.15) is 10.0 Å². The maximum absolute atomic E-state index is 12.6. The first kappa shape index (κ1) is 23.2. The van der Waals surface area contributed by atoms with Crippen molar-refractivity contribution in [2.24, 2.45) is 0 Å². The van der Waals surface area contributed by atoms with Crippen LogP contribution in [-0.4, -0.2) is 12.0 Å². The SMILES string of the molecule is Cc1cc(S(C)(c2ccccc2)c2ccccc2)ccc1Oc1ccc(C(=O)c2cccs2)cc1. The Morgan fingerprint density at radius 1 is 0.714 bits per heavy atom. The average molecular weight is 495 g/mol. The fourth-order valence-corrected chi connectivity index (χ4v) is 7.79. The number of ether oxygens (including phenoxy) is 1. The number of carbonyl (C=O) groups is 1. The van der Waals surface area contributed by atoms with Crippen molar-refractivity contribution in [1.82, 2.24) is 0 Å². The first-order valence-electron chi connectivity index (χ1n) is 11.4. The molecule has 0 saturated heterocycles. The lowest BCUT2D eigenvalue weighted by molar-refractivity contribution is 0.104. The topological polar surface area (TPSA) is 26.3 Å². The van der Waals surface area contributed by atoms with Crippen molar-refractivity contribution in [2.45, 2.75) is 21.6 Å². The summed E-state index contributed by atoms with van der Waals surface area (Å²) in [7, 11) is -1.42. The molecule has 0 amide bonds. The van der Waals surface area contributed by atoms with Crippen LogP contribution in [0.25, 0.3) is 0 Å². The van der Waals surface area contributed by atoms with Crippen molar-refractivity contribution in [2.75, 3.05) is 6.26 Å². The standard InChI is InChI=1S/C31H26O2S2/c1-23-22-28(35(2,26-10-5-3-6-11-26)27-12-7-4-8-13-27)19-20-29(23)33-25-17-15-24(16-18-25)31(32)30-14-9-21-34-30/h3-22H,1-2H3. The summed E-state index contributed by atoms with van der Waals surface area (Å²) >= 11 is 1.46. The van der Waals surface area contributed by atoms with Gasteiger partial charge in [-0.15, -0.1) is 11.3 Å². The number of rotatable bonds is 7. The van der Waals surface area contributed by atoms with E-state index in [0.29, 0.717) is 11.3 Å². The Labute approximate surface area is 212 Å². The normalized spacial score (nSPS) is 11.7. The van der Waals surface area contributed by atoms with Crippen LogP contribution in [0.4, 0.5) is 0 Å². The summed E-state index contributed by atoms with van der Waals surface area (Å²) in [6.07, 6.45) is 2.36. The largest absolute Gasteiger partial charge is 0.457 e. The quantitative estimate of drug-likeness (QED) is 0.211. The highest BCUT2D eigenvalue weighted by Gasteiger charge is 2.26. The third-order valence-electron chi connectivity index (χ3n) is 6.14. The maximum atomic E-state index is 12.6. The highest BCUT2D eigenvalue weighted by Crippen LogP contribution is 2.65. The van der Waals surface area contributed by atoms with Crippen LogP contribution in [0, 0.1) is 6.92 Å². The van der Waals surface area contributed by atoms with Gasteiger partial charge in [0.2, 0.25) is 5.78 Å². The number of benzene rings is 4. The molecule has 0 radical (unpaired) electrons. The van der Waals surface area contributed by atoms with Crippen LogP contribution in [-0.2, 0) is 0 Å². The minimum absolute atomic E-state index is 0.0381. The van der Waals surface area contributed by atoms with Crippen LogP contribution in [0.15, 0.2) is 135 Å². The highest BCUT2D eigenvalue weighted by molar-refractivity contribution is 8.33. The first-order chi connectivity index (χ1) is 17.1. The lowest BCUT2D eigenvalue weighted by Crippen LogP contribution is -2.02. The molecule has 0 aliphatic rings. The van der Waals surface area contributed by atoms with Crippen LogP contribution in [0.3, 0.4) is 0 Å². The number of carbonyl (C=O) groups excluding carboxylic acids is 1. The van der Waals surface area contributed by atoms with Gasteiger partial charge in [0.15, 0.2) is 0 Å². The third-order valence-corrected chi connectivity index (χ3v) is 10.6. The zero-order valence-corrected chi connectivity index (χ0v) is 21.3. The average Bonchev–Trinajstić information content (AvgIpc) is 3.46. The van der Waals surface area contributed by atoms with Gasteiger partial charge < -0.3 is 4.74 Å². The van der Waals surface area contributed by atoms with Gasteiger partial charge in [-0.05, 0) is 112 Å². The highest BCUT2D eigenvalue weighted by atomic mass is 32.3. The molecule has 0 atom stereocenters. The van der Waals surface area contributed by atoms with Gasteiger partial charge in [0, 0.05) is 5.56 Å². The summed E-state index contributed by atoms with van der Waals surface area (Å²) in [5.41, 5.74) is 1.74. The van der Waals surface area contributed by atoms with Crippen LogP contribution in [0.5, 0.6) is 11.5 Å². The van der Waals surface area contributed by atoms with Crippen molar-refractivity contribution >= 4 is 27.1 Å². The maximum Gasteiger partial charge on any atom is 0.202 e. The number of hydrogen-bond acceptors (Lipinski definition) is 3. The van der Waals surface area contributed by atoms with Crippen LogP contribution in [0.2, 0.25) is 0 Å². The van der Waals surface area contributed by atoms with E-state index in [-0.39, 0.29) is 5.78 Å². The minimum atomic E-state index is -1.42. The number of ketones is 1. The van der Waals surface area contributed by atoms with E-state index in [1.165, 1.54) is 26.0 Å². The smallest absolute Gasteiger partial charge is 0.202 e. The molecular weight excluding hydrogens is 468 g/mol. The second-order valence-electron chi connectivity index (χ2n) is 8.40. The molecule has 1 heterocycles. The zero-order chi connectivity index (χ0) is 24.3. The molecule has 0 aliphatic heterocycles. The fourth-order valence-electron chi connectivity index (χ4n) is 4.14. The predicted octanol–water partition coefficient (Wildman–Crippen LogP) is 8.99. The molecule has 2 nitrogen and oxygen atoms in total. The molecule has 0 spiro atoms. The van der Waals surface area contributed by atoms with E-state index in [2.05, 4.69) is 92.0 Å². The Morgan fingerprint density at radius 3 is 1.89 bits per heavy atom. The van der Waals surface area contributed by atoms with E-state index in [1.54, 1.807) is 0 Å². The van der Waals surface area contributed by atoms with Gasteiger partial charge in [0.05, 0.1) is 4.88 Å². The number of hydrogen-bond donors (Lipinski definition) is 0. The van der Waals surface area contributed by atoms with Gasteiger partial charge in [-0.1, -0.05) is 42.5 Å². The van der Waals surface area contributed by atoms with E-state index in [0.717, 1.165) is 16.2 Å². The molecule has 4 heteroatoms. The summed E-state index contributed by atoms with van der Waals surface area (Å²) in [4.78, 5) is 17.2. The molecule has 0 saturated carbocycles. The predicted molar refractivity (Wildman–Crippen MR) is 147 cm³/mol. The van der Waals surface area contributed by atoms with Gasteiger partial charge >= 0.3 is 0 Å². The Bertz CT molecular complexity index is 1390. The minimum Gasteiger partial charge on any atom is -0.457 e. The lowest BCUT2D eigenvalue weighted by atomic mass is 10.1. The molecular formula is C31H26O2S2. The second kappa shape index (κ2) is 9.95. The zero-order valence-electron chi connectivity index (χ0n) is 19.7. The molecule has 0 unspecified atom stereocenters. The van der Waals surface area contributed by atoms with Gasteiger partial charge in [-0.3, -0.25) is 4.79 Å². The molecule has 4 aromatic carbocycles. The summed E-state index contributed by atoms with van der Waals surface area (Å²) in [5, 5.41) is 1.92. The lowest BCUT2D eigenvalue weighted by Gasteiger charge is -2.38. The van der Waals surface area contributed by atoms with Crippen LogP contribution < -0.4 is 4.74 Å². The Kier molecular flexibility index (Phi) is 6.58. The first-order valence-corrected chi connectivity index (χ1v) is 14.3. The van der Waals surface area contributed by atoms with Crippen molar-refractivity contribution < 1.29 is 9.53 Å². The van der Waals surface area contributed by atoms with Crippen molar-refractivity contribution in [3.8, 4) is 11.5 Å². The van der Waals surface area contributed by atoms with E-state index in [4.69, 9.17) is 4.74 Å². The summed E-state index contributed by atoms with van der Waals surface area (Å²) in [6.45, 7) is 2.09. The van der Waals surface area contributed by atoms with E-state index in [9.17, 15) is 4.79 Å². The molecule has 174 valence electrons. The van der Waals surface area contributed by atoms with Gasteiger partial charge in [0.1, 0.15) is 11.5 Å². The van der Waals surface area contributed by atoms with Crippen molar-refractivity contribution in [3.05, 3.63) is 137 Å². The van der Waals surface area contributed by atoms with Crippen LogP contribution in [0.1, 0.15) is 20.8 Å². The summed E-state index contributed by atoms with van der Waals surface area (Å²) < 4.78 is 6.21. The van der Waals surface area contributed by atoms with E-state index >= 15 is 0 Å². The molecule has 0 aliphatic carbocycles. The van der Waals surface area contributed by atoms with Crippen LogP contribution >= 0.6 is 21.4 Å². The third kappa shape index (κ3) is 4.68. The molecule has 35 heavy (non-hydrogen) atoms. The summed E-state index contributed by atoms with van der Waals surface area (Å²) in [6, 6.07) is 39.1. The second-order valence-corrected chi connectivity index (χ2v) is 12.6. The Balaban J connectivity index is 1.43. The van der Waals surface area contributed by atoms with Gasteiger partial charge in [-0.25, -0.2) is 0 Å². The number of thiophene rings is 1. The Hall–Kier alpha value is -3.60. The Morgan fingerprint density at radius 2 is 1.34 bits per heavy atom. The molecule has 5 rings (SSSR count). The van der Waals surface area contributed by atoms with E-state index in [1.807, 2.05) is 41.8 Å². The molecule has 5 aromatic rings. The fraction of sp³-hybridized carbons (Fsp3) is 0.0645. The molecule has 0 N–H and O–H groups in total. The van der Waals surface area contributed by atoms with Crippen molar-refractivity contribution in [3.63, 3.8) is 0 Å². The monoisotopic (exact) mass is 494 g/mol. The summed E-state index contributed by atoms with van der Waals surface area (Å²) in [5.74, 6) is 1.56. The molecule has 0 fully saturated rings. The molecule has 0 bridgehead atoms. The number of aryl methyl sites for hydroxylation is 1.